The van der Waals surface area contributed by atoms with Gasteiger partial charge in [0.1, 0.15) is 0 Å². The summed E-state index contributed by atoms with van der Waals surface area (Å²) in [6.45, 7) is 5.47. The third-order valence-electron chi connectivity index (χ3n) is 4.97. The molecule has 2 N–H and O–H groups in total. The molecule has 0 aliphatic carbocycles. The molecule has 4 heterocycles. The van der Waals surface area contributed by atoms with Gasteiger partial charge in [-0.2, -0.15) is 0 Å². The fourth-order valence-electron chi connectivity index (χ4n) is 3.79. The maximum absolute atomic E-state index is 6.21. The molecule has 4 rings (SSSR count). The molecule has 3 aliphatic rings. The lowest BCUT2D eigenvalue weighted by Gasteiger charge is -2.57. The first-order valence-corrected chi connectivity index (χ1v) is 8.68. The van der Waals surface area contributed by atoms with E-state index in [1.807, 2.05) is 11.3 Å². The third kappa shape index (κ3) is 2.51. The van der Waals surface area contributed by atoms with Crippen LogP contribution in [0.1, 0.15) is 17.7 Å². The minimum Gasteiger partial charge on any atom is -0.329 e. The Hall–Kier alpha value is 0.0600. The molecule has 0 amide bonds. The lowest BCUT2D eigenvalue weighted by atomic mass is 9.72. The molecular formula is C14H22BrN3S. The molecule has 1 aromatic rings. The van der Waals surface area contributed by atoms with Crippen LogP contribution in [0.5, 0.6) is 0 Å². The highest BCUT2D eigenvalue weighted by atomic mass is 79.9. The molecule has 2 bridgehead atoms. The van der Waals surface area contributed by atoms with E-state index >= 15 is 0 Å². The van der Waals surface area contributed by atoms with Gasteiger partial charge in [-0.15, -0.1) is 11.3 Å². The fourth-order valence-corrected chi connectivity index (χ4v) is 5.30. The fraction of sp³-hybridized carbons (Fsp3) is 0.714. The number of fused-ring (bicyclic) bond motifs is 3. The largest absolute Gasteiger partial charge is 0.329 e. The normalized spacial score (nSPS) is 34.1. The number of hydrogen-bond donors (Lipinski definition) is 1. The number of nitrogens with zero attached hydrogens (tertiary/aromatic N) is 2. The maximum atomic E-state index is 6.21. The summed E-state index contributed by atoms with van der Waals surface area (Å²) >= 11 is 5.37. The van der Waals surface area contributed by atoms with Crippen LogP contribution in [0.3, 0.4) is 0 Å². The van der Waals surface area contributed by atoms with Crippen LogP contribution in [0.2, 0.25) is 0 Å². The van der Waals surface area contributed by atoms with Crippen molar-refractivity contribution in [2.24, 2.45) is 11.7 Å². The van der Waals surface area contributed by atoms with Gasteiger partial charge < -0.3 is 10.6 Å². The van der Waals surface area contributed by atoms with Crippen LogP contribution >= 0.6 is 27.3 Å². The first-order valence-electron chi connectivity index (χ1n) is 7.00. The molecule has 0 radical (unpaired) electrons. The Bertz CT molecular complexity index is 442. The van der Waals surface area contributed by atoms with Crippen LogP contribution in [0, 0.1) is 5.92 Å². The zero-order chi connectivity index (χ0) is 13.5. The lowest BCUT2D eigenvalue weighted by molar-refractivity contribution is -0.0592. The molecule has 3 nitrogen and oxygen atoms in total. The topological polar surface area (TPSA) is 32.5 Å². The van der Waals surface area contributed by atoms with Crippen LogP contribution in [-0.2, 0) is 6.54 Å². The molecule has 3 saturated heterocycles. The average Bonchev–Trinajstić information content (AvgIpc) is 2.85. The van der Waals surface area contributed by atoms with E-state index < -0.39 is 0 Å². The molecule has 0 spiro atoms. The molecule has 0 saturated carbocycles. The quantitative estimate of drug-likeness (QED) is 0.910. The van der Waals surface area contributed by atoms with Crippen LogP contribution < -0.4 is 5.73 Å². The number of hydrogen-bond acceptors (Lipinski definition) is 4. The van der Waals surface area contributed by atoms with Crippen molar-refractivity contribution in [3.05, 3.63) is 20.8 Å². The molecule has 1 aromatic heterocycles. The second-order valence-corrected chi connectivity index (χ2v) is 7.86. The number of rotatable bonds is 4. The van der Waals surface area contributed by atoms with Gasteiger partial charge in [-0.05, 0) is 60.9 Å². The third-order valence-corrected chi connectivity index (χ3v) is 6.66. The van der Waals surface area contributed by atoms with Crippen molar-refractivity contribution in [1.29, 1.82) is 0 Å². The van der Waals surface area contributed by atoms with E-state index in [1.54, 1.807) is 0 Å². The van der Waals surface area contributed by atoms with Gasteiger partial charge in [0.15, 0.2) is 0 Å². The molecule has 19 heavy (non-hydrogen) atoms. The molecule has 5 heteroatoms. The minimum absolute atomic E-state index is 0.187. The van der Waals surface area contributed by atoms with Crippen molar-refractivity contribution in [3.8, 4) is 0 Å². The summed E-state index contributed by atoms with van der Waals surface area (Å²) in [5.74, 6) is 0.774. The van der Waals surface area contributed by atoms with Gasteiger partial charge in [-0.1, -0.05) is 0 Å². The van der Waals surface area contributed by atoms with E-state index in [2.05, 4.69) is 44.2 Å². The van der Waals surface area contributed by atoms with E-state index in [-0.39, 0.29) is 5.54 Å². The summed E-state index contributed by atoms with van der Waals surface area (Å²) in [5.41, 5.74) is 6.40. The summed E-state index contributed by atoms with van der Waals surface area (Å²) in [7, 11) is 2.25. The molecular weight excluding hydrogens is 322 g/mol. The van der Waals surface area contributed by atoms with E-state index in [0.717, 1.165) is 25.6 Å². The summed E-state index contributed by atoms with van der Waals surface area (Å²) in [6.07, 6.45) is 2.63. The van der Waals surface area contributed by atoms with Gasteiger partial charge in [-0.3, -0.25) is 4.90 Å². The Kier molecular flexibility index (Phi) is 4.02. The Labute approximate surface area is 127 Å². The molecule has 3 fully saturated rings. The second-order valence-electron chi connectivity index (χ2n) is 5.95. The Balaban J connectivity index is 1.77. The van der Waals surface area contributed by atoms with Crippen molar-refractivity contribution in [2.75, 3.05) is 33.2 Å². The standard InChI is InChI=1S/C14H22BrN3S/c1-17(7-13-6-12(15)8-19-13)14(9-16)10-18-4-2-11(14)3-5-18/h6,8,11H,2-5,7,9-10,16H2,1H3. The Morgan fingerprint density at radius 2 is 2.26 bits per heavy atom. The number of piperidine rings is 3. The SMILES string of the molecule is CN(Cc1cc(Br)cs1)C1(CN)CN2CCC1CC2. The first kappa shape index (κ1) is 14.0. The monoisotopic (exact) mass is 343 g/mol. The predicted octanol–water partition coefficient (Wildman–Crippen LogP) is 2.37. The van der Waals surface area contributed by atoms with Crippen molar-refractivity contribution in [1.82, 2.24) is 9.80 Å². The zero-order valence-electron chi connectivity index (χ0n) is 11.4. The Morgan fingerprint density at radius 1 is 1.53 bits per heavy atom. The maximum Gasteiger partial charge on any atom is 0.0488 e. The smallest absolute Gasteiger partial charge is 0.0488 e. The highest BCUT2D eigenvalue weighted by molar-refractivity contribution is 9.10. The van der Waals surface area contributed by atoms with Crippen molar-refractivity contribution in [3.63, 3.8) is 0 Å². The zero-order valence-corrected chi connectivity index (χ0v) is 13.8. The number of likely N-dealkylation sites (N-methyl/N-ethyl adjacent to an activating group) is 1. The van der Waals surface area contributed by atoms with Crippen molar-refractivity contribution < 1.29 is 0 Å². The van der Waals surface area contributed by atoms with Gasteiger partial charge in [0.2, 0.25) is 0 Å². The molecule has 106 valence electrons. The van der Waals surface area contributed by atoms with Gasteiger partial charge >= 0.3 is 0 Å². The highest BCUT2D eigenvalue weighted by Crippen LogP contribution is 2.39. The van der Waals surface area contributed by atoms with Crippen molar-refractivity contribution >= 4 is 27.3 Å². The van der Waals surface area contributed by atoms with E-state index in [0.29, 0.717) is 0 Å². The first-order chi connectivity index (χ1) is 9.14. The van der Waals surface area contributed by atoms with Crippen LogP contribution in [0.15, 0.2) is 15.9 Å². The van der Waals surface area contributed by atoms with Gasteiger partial charge in [0.25, 0.3) is 0 Å². The molecule has 1 atom stereocenters. The van der Waals surface area contributed by atoms with Crippen LogP contribution in [-0.4, -0.2) is 48.6 Å². The van der Waals surface area contributed by atoms with E-state index in [4.69, 9.17) is 5.73 Å². The Morgan fingerprint density at radius 3 is 2.74 bits per heavy atom. The van der Waals surface area contributed by atoms with E-state index in [1.165, 1.54) is 35.3 Å². The number of halogens is 1. The van der Waals surface area contributed by atoms with Gasteiger partial charge in [-0.25, -0.2) is 0 Å². The molecule has 0 aromatic carbocycles. The average molecular weight is 344 g/mol. The minimum atomic E-state index is 0.187. The lowest BCUT2D eigenvalue weighted by Crippen LogP contribution is -2.68. The van der Waals surface area contributed by atoms with E-state index in [9.17, 15) is 0 Å². The highest BCUT2D eigenvalue weighted by Gasteiger charge is 2.48. The number of nitrogens with two attached hydrogens (primary N) is 1. The van der Waals surface area contributed by atoms with Crippen LogP contribution in [0.4, 0.5) is 0 Å². The van der Waals surface area contributed by atoms with Gasteiger partial charge in [0.05, 0.1) is 0 Å². The summed E-state index contributed by atoms with van der Waals surface area (Å²) < 4.78 is 1.19. The van der Waals surface area contributed by atoms with Crippen LogP contribution in [0.25, 0.3) is 0 Å². The molecule has 1 unspecified atom stereocenters. The predicted molar refractivity (Wildman–Crippen MR) is 84.4 cm³/mol. The number of thiophene rings is 1. The molecule has 3 aliphatic heterocycles. The summed E-state index contributed by atoms with van der Waals surface area (Å²) in [4.78, 5) is 6.52. The summed E-state index contributed by atoms with van der Waals surface area (Å²) in [5, 5.41) is 2.16. The summed E-state index contributed by atoms with van der Waals surface area (Å²) in [6, 6.07) is 2.23. The second kappa shape index (κ2) is 5.45. The van der Waals surface area contributed by atoms with Crippen molar-refractivity contribution in [2.45, 2.75) is 24.9 Å². The van der Waals surface area contributed by atoms with Gasteiger partial charge in [0, 0.05) is 39.9 Å².